The van der Waals surface area contributed by atoms with Crippen molar-refractivity contribution in [1.82, 2.24) is 0 Å². The predicted octanol–water partition coefficient (Wildman–Crippen LogP) is 8.04. The summed E-state index contributed by atoms with van der Waals surface area (Å²) in [7, 11) is 0. The van der Waals surface area contributed by atoms with Gasteiger partial charge in [-0.3, -0.25) is 0 Å². The van der Waals surface area contributed by atoms with Crippen LogP contribution < -0.4 is 4.46 Å². The van der Waals surface area contributed by atoms with Gasteiger partial charge in [0.05, 0.1) is 0 Å². The van der Waals surface area contributed by atoms with Crippen LogP contribution in [0, 0.1) is 5.92 Å². The summed E-state index contributed by atoms with van der Waals surface area (Å²) >= 11 is 0.506. The maximum atomic E-state index is 9.71. The Morgan fingerprint density at radius 3 is 1.71 bits per heavy atom. The number of benzene rings is 1. The summed E-state index contributed by atoms with van der Waals surface area (Å²) in [6.07, 6.45) is 22.6. The SMILES string of the molecule is CCCCCCCCCCC(CCCCCCCC)C[Se]c1cccc(O)c1. The number of rotatable bonds is 19. The molecule has 1 unspecified atom stereocenters. The zero-order chi connectivity index (χ0) is 20.3. The first kappa shape index (κ1) is 25.6. The topological polar surface area (TPSA) is 20.2 Å². The van der Waals surface area contributed by atoms with Crippen molar-refractivity contribution in [2.45, 2.75) is 122 Å². The van der Waals surface area contributed by atoms with Gasteiger partial charge in [-0.2, -0.15) is 0 Å². The number of hydrogen-bond acceptors (Lipinski definition) is 1. The summed E-state index contributed by atoms with van der Waals surface area (Å²) in [5.74, 6) is 1.32. The van der Waals surface area contributed by atoms with Crippen LogP contribution in [0.25, 0.3) is 0 Å². The molecule has 0 aliphatic heterocycles. The molecule has 0 fully saturated rings. The van der Waals surface area contributed by atoms with Crippen molar-refractivity contribution in [3.05, 3.63) is 24.3 Å². The third kappa shape index (κ3) is 14.5. The van der Waals surface area contributed by atoms with Gasteiger partial charge in [-0.15, -0.1) is 0 Å². The molecule has 0 amide bonds. The Hall–Kier alpha value is -0.461. The first-order valence-corrected chi connectivity index (χ1v) is 14.2. The molecule has 1 atom stereocenters. The molecule has 1 N–H and O–H groups in total. The fraction of sp³-hybridized carbons (Fsp3) is 0.769. The van der Waals surface area contributed by atoms with Crippen LogP contribution in [0.4, 0.5) is 0 Å². The second-order valence-electron chi connectivity index (χ2n) is 8.49. The van der Waals surface area contributed by atoms with E-state index in [9.17, 15) is 5.11 Å². The molecule has 0 saturated heterocycles. The Balaban J connectivity index is 2.25. The van der Waals surface area contributed by atoms with Crippen molar-refractivity contribution in [2.24, 2.45) is 5.92 Å². The third-order valence-corrected chi connectivity index (χ3v) is 8.31. The van der Waals surface area contributed by atoms with Gasteiger partial charge in [-0.1, -0.05) is 0 Å². The molecule has 0 aliphatic rings. The molecular formula is C26H46OSe. The van der Waals surface area contributed by atoms with E-state index >= 15 is 0 Å². The Kier molecular flexibility index (Phi) is 17.0. The van der Waals surface area contributed by atoms with Crippen LogP contribution in [0.15, 0.2) is 24.3 Å². The summed E-state index contributed by atoms with van der Waals surface area (Å²) in [4.78, 5) is 0. The zero-order valence-corrected chi connectivity index (χ0v) is 20.5. The van der Waals surface area contributed by atoms with Gasteiger partial charge in [0.25, 0.3) is 0 Å². The van der Waals surface area contributed by atoms with Gasteiger partial charge < -0.3 is 0 Å². The fourth-order valence-corrected chi connectivity index (χ4v) is 6.27. The van der Waals surface area contributed by atoms with E-state index in [0.717, 1.165) is 5.92 Å². The molecule has 0 aromatic heterocycles. The molecule has 28 heavy (non-hydrogen) atoms. The predicted molar refractivity (Wildman–Crippen MR) is 127 cm³/mol. The molecule has 1 rings (SSSR count). The number of hydrogen-bond donors (Lipinski definition) is 1. The quantitative estimate of drug-likeness (QED) is 0.166. The second-order valence-corrected chi connectivity index (χ2v) is 10.8. The van der Waals surface area contributed by atoms with Crippen LogP contribution in [0.3, 0.4) is 0 Å². The monoisotopic (exact) mass is 454 g/mol. The minimum absolute atomic E-state index is 0.426. The van der Waals surface area contributed by atoms with Gasteiger partial charge in [0.15, 0.2) is 0 Å². The fourth-order valence-electron chi connectivity index (χ4n) is 3.88. The molecule has 0 bridgehead atoms. The van der Waals surface area contributed by atoms with Crippen molar-refractivity contribution < 1.29 is 5.11 Å². The summed E-state index contributed by atoms with van der Waals surface area (Å²) in [6.45, 7) is 4.59. The van der Waals surface area contributed by atoms with E-state index in [0.29, 0.717) is 20.7 Å². The van der Waals surface area contributed by atoms with Crippen LogP contribution in [-0.4, -0.2) is 20.1 Å². The van der Waals surface area contributed by atoms with Crippen molar-refractivity contribution in [3.8, 4) is 5.75 Å². The Labute approximate surface area is 182 Å². The van der Waals surface area contributed by atoms with Crippen molar-refractivity contribution in [2.75, 3.05) is 0 Å². The number of phenols is 1. The van der Waals surface area contributed by atoms with Gasteiger partial charge in [0.1, 0.15) is 0 Å². The number of phenolic OH excluding ortho intramolecular Hbond substituents is 1. The zero-order valence-electron chi connectivity index (χ0n) is 18.8. The van der Waals surface area contributed by atoms with Crippen LogP contribution in [0.2, 0.25) is 5.32 Å². The molecule has 0 heterocycles. The van der Waals surface area contributed by atoms with Crippen molar-refractivity contribution in [1.29, 1.82) is 0 Å². The second kappa shape index (κ2) is 18.6. The van der Waals surface area contributed by atoms with E-state index in [-0.39, 0.29) is 0 Å². The molecule has 162 valence electrons. The average molecular weight is 454 g/mol. The van der Waals surface area contributed by atoms with Crippen molar-refractivity contribution >= 4 is 19.4 Å². The van der Waals surface area contributed by atoms with E-state index in [1.54, 1.807) is 6.07 Å². The number of unbranched alkanes of at least 4 members (excludes halogenated alkanes) is 12. The van der Waals surface area contributed by atoms with E-state index in [1.807, 2.05) is 12.1 Å². The minimum atomic E-state index is 0.426. The molecule has 1 aromatic carbocycles. The summed E-state index contributed by atoms with van der Waals surface area (Å²) in [5, 5.41) is 11.1. The van der Waals surface area contributed by atoms with Crippen LogP contribution in [0.5, 0.6) is 5.75 Å². The Morgan fingerprint density at radius 2 is 1.21 bits per heavy atom. The molecular weight excluding hydrogens is 407 g/mol. The summed E-state index contributed by atoms with van der Waals surface area (Å²) in [5.41, 5.74) is 0. The summed E-state index contributed by atoms with van der Waals surface area (Å²) in [6, 6.07) is 7.94. The third-order valence-electron chi connectivity index (χ3n) is 5.74. The average Bonchev–Trinajstić information content (AvgIpc) is 2.70. The Morgan fingerprint density at radius 1 is 0.714 bits per heavy atom. The molecule has 1 nitrogen and oxygen atoms in total. The van der Waals surface area contributed by atoms with E-state index in [1.165, 1.54) is 113 Å². The van der Waals surface area contributed by atoms with Crippen LogP contribution >= 0.6 is 0 Å². The van der Waals surface area contributed by atoms with Gasteiger partial charge in [-0.25, -0.2) is 0 Å². The first-order chi connectivity index (χ1) is 13.8. The molecule has 0 spiro atoms. The number of aromatic hydroxyl groups is 1. The molecule has 0 radical (unpaired) electrons. The molecule has 1 aromatic rings. The molecule has 0 aliphatic carbocycles. The molecule has 0 saturated carbocycles. The van der Waals surface area contributed by atoms with Crippen LogP contribution in [0.1, 0.15) is 117 Å². The maximum absolute atomic E-state index is 9.71. The molecule has 2 heteroatoms. The Bertz CT molecular complexity index is 460. The first-order valence-electron chi connectivity index (χ1n) is 12.2. The standard InChI is InChI=1S/C26H46OSe/c1-3-5-7-9-11-12-14-16-19-24(18-15-13-10-8-6-4-2)23-28-26-21-17-20-25(27)22-26/h17,20-22,24,27H,3-16,18-19,23H2,1-2H3. The van der Waals surface area contributed by atoms with Crippen molar-refractivity contribution in [3.63, 3.8) is 0 Å². The van der Waals surface area contributed by atoms with E-state index in [2.05, 4.69) is 19.9 Å². The van der Waals surface area contributed by atoms with Gasteiger partial charge in [0.2, 0.25) is 0 Å². The summed E-state index contributed by atoms with van der Waals surface area (Å²) < 4.78 is 1.36. The van der Waals surface area contributed by atoms with E-state index < -0.39 is 0 Å². The van der Waals surface area contributed by atoms with Gasteiger partial charge in [-0.05, 0) is 0 Å². The van der Waals surface area contributed by atoms with Crippen LogP contribution in [-0.2, 0) is 0 Å². The van der Waals surface area contributed by atoms with Gasteiger partial charge in [0, 0.05) is 0 Å². The normalized spacial score (nSPS) is 12.4. The van der Waals surface area contributed by atoms with Gasteiger partial charge >= 0.3 is 182 Å². The van der Waals surface area contributed by atoms with E-state index in [4.69, 9.17) is 0 Å².